The van der Waals surface area contributed by atoms with Gasteiger partial charge in [0.25, 0.3) is 5.91 Å². The molecule has 0 unspecified atom stereocenters. The maximum absolute atomic E-state index is 12.7. The lowest BCUT2D eigenvalue weighted by Gasteiger charge is -2.23. The van der Waals surface area contributed by atoms with Gasteiger partial charge in [0.1, 0.15) is 0 Å². The maximum Gasteiger partial charge on any atom is 0.254 e. The van der Waals surface area contributed by atoms with Crippen LogP contribution in [0.25, 0.3) is 0 Å². The average molecular weight is 346 g/mol. The van der Waals surface area contributed by atoms with Gasteiger partial charge < -0.3 is 10.6 Å². The van der Waals surface area contributed by atoms with Crippen molar-refractivity contribution >= 4 is 27.5 Å². The first-order chi connectivity index (χ1) is 10.1. The number of nitrogen functional groups attached to an aromatic ring is 1. The number of nitrogens with zero attached hydrogens (tertiary/aromatic N) is 2. The summed E-state index contributed by atoms with van der Waals surface area (Å²) in [4.78, 5) is 18.7. The quantitative estimate of drug-likeness (QED) is 0.865. The number of carbonyl (C=O) groups excluding carboxylic acids is 1. The van der Waals surface area contributed by atoms with Crippen LogP contribution in [0.3, 0.4) is 0 Å². The molecule has 108 valence electrons. The molecule has 2 N–H and O–H groups in total. The van der Waals surface area contributed by atoms with Crippen molar-refractivity contribution in [1.82, 2.24) is 9.88 Å². The molecule has 0 saturated heterocycles. The van der Waals surface area contributed by atoms with Gasteiger partial charge in [0.2, 0.25) is 0 Å². The summed E-state index contributed by atoms with van der Waals surface area (Å²) >= 11 is 3.35. The molecule has 0 atom stereocenters. The first-order valence-electron chi connectivity index (χ1n) is 6.90. The molecule has 1 amide bonds. The number of anilines is 1. The fourth-order valence-electron chi connectivity index (χ4n) is 2.28. The summed E-state index contributed by atoms with van der Waals surface area (Å²) in [6, 6.07) is 9.59. The molecule has 1 aliphatic rings. The van der Waals surface area contributed by atoms with Crippen molar-refractivity contribution in [3.63, 3.8) is 0 Å². The van der Waals surface area contributed by atoms with Crippen LogP contribution < -0.4 is 5.73 Å². The highest BCUT2D eigenvalue weighted by Gasteiger charge is 2.33. The van der Waals surface area contributed by atoms with E-state index in [2.05, 4.69) is 20.9 Å². The smallest absolute Gasteiger partial charge is 0.254 e. The molecule has 0 bridgehead atoms. The topological polar surface area (TPSA) is 59.2 Å². The summed E-state index contributed by atoms with van der Waals surface area (Å²) in [7, 11) is 0. The van der Waals surface area contributed by atoms with Gasteiger partial charge in [-0.25, -0.2) is 0 Å². The Bertz CT molecular complexity index is 656. The van der Waals surface area contributed by atoms with E-state index in [1.54, 1.807) is 18.5 Å². The third kappa shape index (κ3) is 3.24. The summed E-state index contributed by atoms with van der Waals surface area (Å²) < 4.78 is 0.811. The predicted octanol–water partition coefficient (Wildman–Crippen LogP) is 3.23. The molecule has 1 heterocycles. The second-order valence-electron chi connectivity index (χ2n) is 5.26. The highest BCUT2D eigenvalue weighted by atomic mass is 79.9. The van der Waals surface area contributed by atoms with E-state index < -0.39 is 0 Å². The van der Waals surface area contributed by atoms with E-state index in [0.29, 0.717) is 23.8 Å². The minimum Gasteiger partial charge on any atom is -0.398 e. The van der Waals surface area contributed by atoms with Crippen LogP contribution >= 0.6 is 15.9 Å². The largest absolute Gasteiger partial charge is 0.398 e. The molecule has 0 spiro atoms. The molecular formula is C16H16BrN3O. The number of pyridine rings is 1. The molecule has 0 radical (unpaired) electrons. The van der Waals surface area contributed by atoms with E-state index in [0.717, 1.165) is 22.9 Å². The molecule has 2 aromatic rings. The lowest BCUT2D eigenvalue weighted by Crippen LogP contribution is -2.32. The van der Waals surface area contributed by atoms with Crippen molar-refractivity contribution in [2.75, 3.05) is 5.73 Å². The van der Waals surface area contributed by atoms with E-state index in [9.17, 15) is 4.79 Å². The summed E-state index contributed by atoms with van der Waals surface area (Å²) in [5, 5.41) is 0. The molecule has 1 saturated carbocycles. The summed E-state index contributed by atoms with van der Waals surface area (Å²) in [6.07, 6.45) is 5.65. The number of amides is 1. The Balaban J connectivity index is 1.83. The van der Waals surface area contributed by atoms with Crippen molar-refractivity contribution in [2.24, 2.45) is 0 Å². The van der Waals surface area contributed by atoms with Crippen molar-refractivity contribution in [2.45, 2.75) is 25.4 Å². The predicted molar refractivity (Wildman–Crippen MR) is 85.7 cm³/mol. The van der Waals surface area contributed by atoms with E-state index in [1.165, 1.54) is 0 Å². The second kappa shape index (κ2) is 5.85. The highest BCUT2D eigenvalue weighted by molar-refractivity contribution is 9.10. The number of carbonyl (C=O) groups is 1. The van der Waals surface area contributed by atoms with E-state index in [1.807, 2.05) is 29.2 Å². The van der Waals surface area contributed by atoms with Crippen LogP contribution in [0, 0.1) is 0 Å². The summed E-state index contributed by atoms with van der Waals surface area (Å²) in [5.41, 5.74) is 8.19. The van der Waals surface area contributed by atoms with Crippen LogP contribution in [0.1, 0.15) is 28.8 Å². The minimum absolute atomic E-state index is 0.0357. The van der Waals surface area contributed by atoms with Crippen LogP contribution in [0.15, 0.2) is 47.2 Å². The Morgan fingerprint density at radius 3 is 2.62 bits per heavy atom. The lowest BCUT2D eigenvalue weighted by molar-refractivity contribution is 0.0730. The third-order valence-corrected chi connectivity index (χ3v) is 4.32. The normalized spacial score (nSPS) is 14.0. The zero-order chi connectivity index (χ0) is 14.8. The molecule has 3 rings (SSSR count). The Hall–Kier alpha value is -1.88. The number of halogens is 1. The first-order valence-corrected chi connectivity index (χ1v) is 7.69. The van der Waals surface area contributed by atoms with Gasteiger partial charge in [-0.3, -0.25) is 9.78 Å². The number of hydrogen-bond donors (Lipinski definition) is 1. The number of aromatic nitrogens is 1. The van der Waals surface area contributed by atoms with Crippen LogP contribution in [0.2, 0.25) is 0 Å². The van der Waals surface area contributed by atoms with Gasteiger partial charge in [-0.05, 0) is 64.7 Å². The van der Waals surface area contributed by atoms with Crippen LogP contribution in [0.4, 0.5) is 5.69 Å². The molecule has 21 heavy (non-hydrogen) atoms. The number of rotatable bonds is 4. The highest BCUT2D eigenvalue weighted by Crippen LogP contribution is 2.30. The summed E-state index contributed by atoms with van der Waals surface area (Å²) in [5.74, 6) is 0.0357. The summed E-state index contributed by atoms with van der Waals surface area (Å²) in [6.45, 7) is 0.613. The van der Waals surface area contributed by atoms with Crippen LogP contribution in [-0.4, -0.2) is 21.8 Å². The van der Waals surface area contributed by atoms with Crippen molar-refractivity contribution < 1.29 is 4.79 Å². The Labute approximate surface area is 132 Å². The molecule has 1 aromatic heterocycles. The first kappa shape index (κ1) is 14.1. The minimum atomic E-state index is 0.0357. The van der Waals surface area contributed by atoms with E-state index in [4.69, 9.17) is 5.73 Å². The monoisotopic (exact) mass is 345 g/mol. The zero-order valence-electron chi connectivity index (χ0n) is 11.5. The van der Waals surface area contributed by atoms with Gasteiger partial charge in [0.15, 0.2) is 0 Å². The Morgan fingerprint density at radius 2 is 2.00 bits per heavy atom. The SMILES string of the molecule is Nc1cc(C(=O)N(Cc2ccncc2)C2CC2)ccc1Br. The third-order valence-electron chi connectivity index (χ3n) is 3.59. The second-order valence-corrected chi connectivity index (χ2v) is 6.11. The molecule has 1 fully saturated rings. The Kier molecular flexibility index (Phi) is 3.92. The van der Waals surface area contributed by atoms with Gasteiger partial charge in [0, 0.05) is 40.7 Å². The fourth-order valence-corrected chi connectivity index (χ4v) is 2.53. The molecule has 5 heteroatoms. The Morgan fingerprint density at radius 1 is 1.29 bits per heavy atom. The van der Waals surface area contributed by atoms with Crippen molar-refractivity contribution in [3.8, 4) is 0 Å². The van der Waals surface area contributed by atoms with Gasteiger partial charge >= 0.3 is 0 Å². The van der Waals surface area contributed by atoms with Crippen molar-refractivity contribution in [1.29, 1.82) is 0 Å². The van der Waals surface area contributed by atoms with E-state index >= 15 is 0 Å². The van der Waals surface area contributed by atoms with Gasteiger partial charge in [-0.2, -0.15) is 0 Å². The maximum atomic E-state index is 12.7. The van der Waals surface area contributed by atoms with Crippen LogP contribution in [0.5, 0.6) is 0 Å². The zero-order valence-corrected chi connectivity index (χ0v) is 13.1. The standard InChI is InChI=1S/C16H16BrN3O/c17-14-4-1-12(9-15(14)18)16(21)20(13-2-3-13)10-11-5-7-19-8-6-11/h1,4-9,13H,2-3,10,18H2. The molecular weight excluding hydrogens is 330 g/mol. The van der Waals surface area contributed by atoms with Crippen LogP contribution in [-0.2, 0) is 6.54 Å². The fraction of sp³-hybridized carbons (Fsp3) is 0.250. The van der Waals surface area contributed by atoms with Gasteiger partial charge in [-0.1, -0.05) is 0 Å². The molecule has 1 aliphatic carbocycles. The van der Waals surface area contributed by atoms with Gasteiger partial charge in [0.05, 0.1) is 0 Å². The average Bonchev–Trinajstić information content (AvgIpc) is 3.33. The molecule has 0 aliphatic heterocycles. The lowest BCUT2D eigenvalue weighted by atomic mass is 10.1. The molecule has 4 nitrogen and oxygen atoms in total. The van der Waals surface area contributed by atoms with Crippen molar-refractivity contribution in [3.05, 3.63) is 58.3 Å². The number of nitrogens with two attached hydrogens (primary N) is 1. The number of hydrogen-bond acceptors (Lipinski definition) is 3. The van der Waals surface area contributed by atoms with E-state index in [-0.39, 0.29) is 5.91 Å². The number of benzene rings is 1. The molecule has 1 aromatic carbocycles. The van der Waals surface area contributed by atoms with Gasteiger partial charge in [-0.15, -0.1) is 0 Å².